The van der Waals surface area contributed by atoms with Crippen LogP contribution in [0.5, 0.6) is 0 Å². The molecule has 0 saturated carbocycles. The Balaban J connectivity index is 5.19. The van der Waals surface area contributed by atoms with Crippen molar-refractivity contribution < 1.29 is 19.1 Å². The van der Waals surface area contributed by atoms with Gasteiger partial charge in [0.2, 0.25) is 0 Å². The second-order valence-electron chi connectivity index (χ2n) is 5.30. The van der Waals surface area contributed by atoms with E-state index in [9.17, 15) is 9.59 Å². The largest absolute Gasteiger partial charge is 0.464 e. The quantitative estimate of drug-likeness (QED) is 0.461. The lowest BCUT2D eigenvalue weighted by molar-refractivity contribution is -0.151. The van der Waals surface area contributed by atoms with Gasteiger partial charge in [-0.15, -0.1) is 18.9 Å². The Morgan fingerprint density at radius 2 is 2.00 bits per heavy atom. The normalized spacial score (nSPS) is 13.6. The zero-order valence-electron chi connectivity index (χ0n) is 12.6. The van der Waals surface area contributed by atoms with E-state index in [2.05, 4.69) is 17.8 Å². The minimum Gasteiger partial charge on any atom is -0.464 e. The van der Waals surface area contributed by atoms with Crippen molar-refractivity contribution in [2.45, 2.75) is 51.7 Å². The highest BCUT2D eigenvalue weighted by atomic mass is 16.6. The first kappa shape index (κ1) is 18.0. The summed E-state index contributed by atoms with van der Waals surface area (Å²) < 4.78 is 10.1. The van der Waals surface area contributed by atoms with E-state index in [0.29, 0.717) is 0 Å². The van der Waals surface area contributed by atoms with Crippen LogP contribution >= 0.6 is 0 Å². The van der Waals surface area contributed by atoms with Crippen LogP contribution in [0.2, 0.25) is 0 Å². The van der Waals surface area contributed by atoms with Gasteiger partial charge < -0.3 is 14.8 Å². The molecule has 0 spiro atoms. The van der Waals surface area contributed by atoms with Crippen LogP contribution in [0.3, 0.4) is 0 Å². The van der Waals surface area contributed by atoms with E-state index in [1.807, 2.05) is 0 Å². The minimum atomic E-state index is -1.34. The number of carbonyl (C=O) groups is 2. The van der Waals surface area contributed by atoms with Crippen LogP contribution in [0.25, 0.3) is 0 Å². The lowest BCUT2D eigenvalue weighted by Crippen LogP contribution is -2.55. The Morgan fingerprint density at radius 1 is 1.40 bits per heavy atom. The second-order valence-corrected chi connectivity index (χ2v) is 5.30. The molecule has 5 nitrogen and oxygen atoms in total. The number of hydrogen-bond acceptors (Lipinski definition) is 4. The molecule has 0 bridgehead atoms. The van der Waals surface area contributed by atoms with E-state index in [0.717, 1.165) is 0 Å². The van der Waals surface area contributed by atoms with Gasteiger partial charge in [0.25, 0.3) is 0 Å². The number of amides is 1. The molecule has 1 N–H and O–H groups in total. The summed E-state index contributed by atoms with van der Waals surface area (Å²) in [7, 11) is 0. The van der Waals surface area contributed by atoms with Crippen molar-refractivity contribution in [2.75, 3.05) is 6.61 Å². The van der Waals surface area contributed by atoms with Gasteiger partial charge >= 0.3 is 12.1 Å². The number of esters is 1. The lowest BCUT2D eigenvalue weighted by atomic mass is 9.91. The molecule has 0 rings (SSSR count). The molecule has 0 aromatic carbocycles. The van der Waals surface area contributed by atoms with E-state index in [1.54, 1.807) is 27.7 Å². The first-order valence-corrected chi connectivity index (χ1v) is 6.43. The molecule has 0 aromatic heterocycles. The Labute approximate surface area is 120 Å². The zero-order valence-corrected chi connectivity index (χ0v) is 12.6. The number of hydrogen-bond donors (Lipinski definition) is 1. The van der Waals surface area contributed by atoms with Crippen LogP contribution in [0.1, 0.15) is 40.5 Å². The summed E-state index contributed by atoms with van der Waals surface area (Å²) in [5.41, 5.74) is -2.01. The molecule has 0 aliphatic heterocycles. The van der Waals surface area contributed by atoms with E-state index in [-0.39, 0.29) is 19.4 Å². The fraction of sp³-hybridized carbons (Fsp3) is 0.600. The Morgan fingerprint density at radius 3 is 2.40 bits per heavy atom. The summed E-state index contributed by atoms with van der Waals surface area (Å²) in [6.07, 6.45) is 6.24. The fourth-order valence-corrected chi connectivity index (χ4v) is 1.56. The third-order valence-electron chi connectivity index (χ3n) is 2.30. The standard InChI is InChI=1S/C15H23NO4/c1-7-10-15(11-8-2,12(17)19-9-3)16-13(18)20-14(4,5)6/h1,8H,2,9-11H2,3-6H3,(H,16,18). The van der Waals surface area contributed by atoms with E-state index in [1.165, 1.54) is 6.08 Å². The van der Waals surface area contributed by atoms with Crippen molar-refractivity contribution in [3.8, 4) is 12.3 Å². The average Bonchev–Trinajstić information content (AvgIpc) is 2.26. The molecule has 0 heterocycles. The molecule has 0 aliphatic rings. The molecular formula is C15H23NO4. The van der Waals surface area contributed by atoms with Crippen molar-refractivity contribution >= 4 is 12.1 Å². The predicted molar refractivity (Wildman–Crippen MR) is 77.0 cm³/mol. The van der Waals surface area contributed by atoms with Crippen molar-refractivity contribution in [2.24, 2.45) is 0 Å². The molecule has 112 valence electrons. The third kappa shape index (κ3) is 5.79. The summed E-state index contributed by atoms with van der Waals surface area (Å²) in [6.45, 7) is 10.6. The van der Waals surface area contributed by atoms with Gasteiger partial charge in [-0.1, -0.05) is 6.08 Å². The summed E-state index contributed by atoms with van der Waals surface area (Å²) in [5, 5.41) is 2.52. The van der Waals surface area contributed by atoms with Gasteiger partial charge in [-0.3, -0.25) is 0 Å². The number of terminal acetylenes is 1. The highest BCUT2D eigenvalue weighted by Gasteiger charge is 2.41. The van der Waals surface area contributed by atoms with Crippen LogP contribution in [0, 0.1) is 12.3 Å². The maximum absolute atomic E-state index is 12.1. The first-order chi connectivity index (χ1) is 9.20. The number of alkyl carbamates (subject to hydrolysis) is 1. The molecule has 0 aromatic rings. The smallest absolute Gasteiger partial charge is 0.408 e. The molecule has 0 radical (unpaired) electrons. The Hall–Kier alpha value is -1.96. The molecule has 1 atom stereocenters. The number of rotatable bonds is 6. The van der Waals surface area contributed by atoms with Gasteiger partial charge in [0.05, 0.1) is 6.61 Å². The second kappa shape index (κ2) is 7.59. The molecule has 0 saturated heterocycles. The van der Waals surface area contributed by atoms with E-state index < -0.39 is 23.2 Å². The Kier molecular flexibility index (Phi) is 6.84. The van der Waals surface area contributed by atoms with Crippen LogP contribution in [-0.4, -0.2) is 29.8 Å². The minimum absolute atomic E-state index is 0.00288. The van der Waals surface area contributed by atoms with Crippen LogP contribution in [0.4, 0.5) is 4.79 Å². The summed E-state index contributed by atoms with van der Waals surface area (Å²) in [4.78, 5) is 24.0. The maximum Gasteiger partial charge on any atom is 0.408 e. The van der Waals surface area contributed by atoms with Crippen molar-refractivity contribution in [3.63, 3.8) is 0 Å². The lowest BCUT2D eigenvalue weighted by Gasteiger charge is -2.31. The molecular weight excluding hydrogens is 258 g/mol. The maximum atomic E-state index is 12.1. The van der Waals surface area contributed by atoms with Gasteiger partial charge in [-0.05, 0) is 27.7 Å². The van der Waals surface area contributed by atoms with E-state index >= 15 is 0 Å². The fourth-order valence-electron chi connectivity index (χ4n) is 1.56. The van der Waals surface area contributed by atoms with Crippen molar-refractivity contribution in [1.29, 1.82) is 0 Å². The topological polar surface area (TPSA) is 64.6 Å². The molecule has 20 heavy (non-hydrogen) atoms. The molecule has 1 amide bonds. The zero-order chi connectivity index (χ0) is 15.8. The highest BCUT2D eigenvalue weighted by Crippen LogP contribution is 2.20. The van der Waals surface area contributed by atoms with Gasteiger partial charge in [-0.25, -0.2) is 9.59 Å². The summed E-state index contributed by atoms with van der Waals surface area (Å²) >= 11 is 0. The Bertz CT molecular complexity index is 403. The van der Waals surface area contributed by atoms with Crippen molar-refractivity contribution in [3.05, 3.63) is 12.7 Å². The van der Waals surface area contributed by atoms with Gasteiger partial charge in [0, 0.05) is 12.8 Å². The molecule has 0 fully saturated rings. The van der Waals surface area contributed by atoms with Gasteiger partial charge in [-0.2, -0.15) is 0 Å². The first-order valence-electron chi connectivity index (χ1n) is 6.43. The van der Waals surface area contributed by atoms with Crippen LogP contribution in [0.15, 0.2) is 12.7 Å². The number of carbonyl (C=O) groups excluding carboxylic acids is 2. The highest BCUT2D eigenvalue weighted by molar-refractivity contribution is 5.86. The monoisotopic (exact) mass is 281 g/mol. The summed E-state index contributed by atoms with van der Waals surface area (Å²) in [5.74, 6) is 1.79. The molecule has 5 heteroatoms. The molecule has 0 aliphatic carbocycles. The van der Waals surface area contributed by atoms with Crippen LogP contribution in [-0.2, 0) is 14.3 Å². The summed E-state index contributed by atoms with van der Waals surface area (Å²) in [6, 6.07) is 0. The molecule has 1 unspecified atom stereocenters. The number of nitrogens with one attached hydrogen (secondary N) is 1. The average molecular weight is 281 g/mol. The van der Waals surface area contributed by atoms with Gasteiger partial charge in [0.15, 0.2) is 5.54 Å². The number of ether oxygens (including phenoxy) is 2. The third-order valence-corrected chi connectivity index (χ3v) is 2.30. The van der Waals surface area contributed by atoms with Crippen molar-refractivity contribution in [1.82, 2.24) is 5.32 Å². The van der Waals surface area contributed by atoms with Gasteiger partial charge in [0.1, 0.15) is 5.60 Å². The predicted octanol–water partition coefficient (Wildman–Crippen LogP) is 2.41. The van der Waals surface area contributed by atoms with E-state index in [4.69, 9.17) is 15.9 Å². The van der Waals surface area contributed by atoms with Crippen LogP contribution < -0.4 is 5.32 Å². The SMILES string of the molecule is C#CCC(CC=C)(NC(=O)OC(C)(C)C)C(=O)OCC.